The lowest BCUT2D eigenvalue weighted by Gasteiger charge is -2.25. The van der Waals surface area contributed by atoms with Crippen LogP contribution in [0.1, 0.15) is 26.2 Å². The van der Waals surface area contributed by atoms with E-state index in [1.54, 1.807) is 0 Å². The van der Waals surface area contributed by atoms with E-state index in [1.807, 2.05) is 6.92 Å². The molecule has 1 fully saturated rings. The summed E-state index contributed by atoms with van der Waals surface area (Å²) in [6, 6.07) is 0. The largest absolute Gasteiger partial charge is 0.357 e. The first-order valence-corrected chi connectivity index (χ1v) is 8.98. The van der Waals surface area contributed by atoms with Crippen LogP contribution in [0.3, 0.4) is 0 Å². The molecule has 1 aliphatic rings. The van der Waals surface area contributed by atoms with Crippen molar-refractivity contribution in [2.45, 2.75) is 26.2 Å². The van der Waals surface area contributed by atoms with Crippen LogP contribution in [0.15, 0.2) is 4.99 Å². The molecule has 0 bridgehead atoms. The Labute approximate surface area is 122 Å². The average molecular weight is 305 g/mol. The van der Waals surface area contributed by atoms with Crippen LogP contribution in [0.5, 0.6) is 0 Å². The number of piperidine rings is 1. The van der Waals surface area contributed by atoms with Gasteiger partial charge in [0.15, 0.2) is 5.96 Å². The van der Waals surface area contributed by atoms with E-state index >= 15 is 0 Å². The molecular weight excluding hydrogens is 278 g/mol. The first-order valence-electron chi connectivity index (χ1n) is 7.26. The van der Waals surface area contributed by atoms with Crippen molar-refractivity contribution in [3.05, 3.63) is 0 Å². The number of rotatable bonds is 7. The summed E-state index contributed by atoms with van der Waals surface area (Å²) in [5, 5.41) is 11.0. The van der Waals surface area contributed by atoms with Crippen LogP contribution in [0.4, 0.5) is 0 Å². The molecule has 1 heterocycles. The fourth-order valence-electron chi connectivity index (χ4n) is 2.14. The van der Waals surface area contributed by atoms with E-state index in [4.69, 9.17) is 5.14 Å². The summed E-state index contributed by atoms with van der Waals surface area (Å²) in [6.07, 6.45) is 3.88. The highest BCUT2D eigenvalue weighted by Gasteiger charge is 2.09. The topological polar surface area (TPSA) is 99.8 Å². The van der Waals surface area contributed by atoms with Crippen molar-refractivity contribution in [2.24, 2.45) is 10.1 Å². The molecule has 8 heteroatoms. The molecule has 0 unspecified atom stereocenters. The van der Waals surface area contributed by atoms with Crippen molar-refractivity contribution in [1.29, 1.82) is 0 Å². The predicted octanol–water partition coefficient (Wildman–Crippen LogP) is -0.684. The molecule has 1 saturated heterocycles. The summed E-state index contributed by atoms with van der Waals surface area (Å²) < 4.78 is 21.7. The van der Waals surface area contributed by atoms with Gasteiger partial charge in [0.1, 0.15) is 0 Å². The molecule has 0 aromatic heterocycles. The van der Waals surface area contributed by atoms with Gasteiger partial charge in [0, 0.05) is 19.6 Å². The number of aliphatic imine (C=N–C) groups is 1. The molecular formula is C12H27N5O2S. The maximum atomic E-state index is 10.9. The smallest absolute Gasteiger partial charge is 0.210 e. The minimum Gasteiger partial charge on any atom is -0.357 e. The van der Waals surface area contributed by atoms with Crippen molar-refractivity contribution < 1.29 is 8.42 Å². The van der Waals surface area contributed by atoms with Crippen LogP contribution in [-0.2, 0) is 10.0 Å². The van der Waals surface area contributed by atoms with E-state index in [2.05, 4.69) is 20.5 Å². The van der Waals surface area contributed by atoms with Gasteiger partial charge in [-0.15, -0.1) is 0 Å². The van der Waals surface area contributed by atoms with Gasteiger partial charge < -0.3 is 15.5 Å². The Morgan fingerprint density at radius 1 is 1.25 bits per heavy atom. The Hall–Kier alpha value is -0.860. The van der Waals surface area contributed by atoms with E-state index < -0.39 is 10.0 Å². The first-order chi connectivity index (χ1) is 9.51. The molecule has 0 atom stereocenters. The number of primary sulfonamides is 1. The van der Waals surface area contributed by atoms with Crippen LogP contribution < -0.4 is 15.8 Å². The van der Waals surface area contributed by atoms with Crippen molar-refractivity contribution in [1.82, 2.24) is 15.5 Å². The van der Waals surface area contributed by atoms with Gasteiger partial charge in [0.05, 0.1) is 12.3 Å². The molecule has 118 valence electrons. The van der Waals surface area contributed by atoms with Crippen LogP contribution in [0.2, 0.25) is 0 Å². The van der Waals surface area contributed by atoms with Crippen LogP contribution in [0.25, 0.3) is 0 Å². The predicted molar refractivity (Wildman–Crippen MR) is 82.2 cm³/mol. The molecule has 20 heavy (non-hydrogen) atoms. The molecule has 4 N–H and O–H groups in total. The maximum Gasteiger partial charge on any atom is 0.210 e. The molecule has 7 nitrogen and oxygen atoms in total. The molecule has 0 amide bonds. The Bertz CT molecular complexity index is 391. The number of nitrogens with one attached hydrogen (secondary N) is 2. The molecule has 0 radical (unpaired) electrons. The van der Waals surface area contributed by atoms with Gasteiger partial charge in [-0.3, -0.25) is 4.99 Å². The zero-order valence-electron chi connectivity index (χ0n) is 12.3. The second kappa shape index (κ2) is 9.15. The molecule has 0 aromatic carbocycles. The highest BCUT2D eigenvalue weighted by atomic mass is 32.2. The number of sulfonamides is 1. The van der Waals surface area contributed by atoms with Gasteiger partial charge in [-0.25, -0.2) is 13.6 Å². The number of hydrogen-bond acceptors (Lipinski definition) is 4. The van der Waals surface area contributed by atoms with Crippen molar-refractivity contribution >= 4 is 16.0 Å². The minimum atomic E-state index is -3.43. The van der Waals surface area contributed by atoms with Crippen LogP contribution in [-0.4, -0.2) is 64.3 Å². The van der Waals surface area contributed by atoms with Gasteiger partial charge >= 0.3 is 0 Å². The lowest BCUT2D eigenvalue weighted by Crippen LogP contribution is -2.41. The lowest BCUT2D eigenvalue weighted by atomic mass is 10.1. The van der Waals surface area contributed by atoms with Crippen LogP contribution in [0, 0.1) is 0 Å². The number of hydrogen-bond donors (Lipinski definition) is 3. The van der Waals surface area contributed by atoms with Crippen molar-refractivity contribution in [2.75, 3.05) is 45.0 Å². The highest BCUT2D eigenvalue weighted by molar-refractivity contribution is 7.89. The second-order valence-corrected chi connectivity index (χ2v) is 6.69. The first kappa shape index (κ1) is 17.2. The maximum absolute atomic E-state index is 10.9. The molecule has 0 aliphatic carbocycles. The Morgan fingerprint density at radius 2 is 1.95 bits per heavy atom. The summed E-state index contributed by atoms with van der Waals surface area (Å²) in [7, 11) is -3.43. The number of nitrogens with two attached hydrogens (primary N) is 1. The minimum absolute atomic E-state index is 0.0937. The standard InChI is InChI=1S/C12H27N5O2S/c1-2-14-12(16-7-11-20(13,18)19)15-6-10-17-8-4-3-5-9-17/h2-11H2,1H3,(H2,13,18,19)(H2,14,15,16). The average Bonchev–Trinajstić information content (AvgIpc) is 2.38. The van der Waals surface area contributed by atoms with E-state index in [9.17, 15) is 8.42 Å². The monoisotopic (exact) mass is 305 g/mol. The number of guanidine groups is 1. The van der Waals surface area contributed by atoms with Gasteiger partial charge in [-0.05, 0) is 32.9 Å². The SMILES string of the molecule is CCNC(=NCCN1CCCCC1)NCCS(N)(=O)=O. The van der Waals surface area contributed by atoms with Crippen LogP contribution >= 0.6 is 0 Å². The fourth-order valence-corrected chi connectivity index (χ4v) is 2.53. The summed E-state index contributed by atoms with van der Waals surface area (Å²) in [5.41, 5.74) is 0. The third-order valence-electron chi connectivity index (χ3n) is 3.16. The molecule has 0 saturated carbocycles. The van der Waals surface area contributed by atoms with Gasteiger partial charge in [-0.2, -0.15) is 0 Å². The van der Waals surface area contributed by atoms with Gasteiger partial charge in [0.25, 0.3) is 0 Å². The quantitative estimate of drug-likeness (QED) is 0.427. The normalized spacial score (nSPS) is 18.0. The molecule has 0 aromatic rings. The van der Waals surface area contributed by atoms with Crippen molar-refractivity contribution in [3.8, 4) is 0 Å². The highest BCUT2D eigenvalue weighted by Crippen LogP contribution is 2.07. The number of nitrogens with zero attached hydrogens (tertiary/aromatic N) is 2. The summed E-state index contributed by atoms with van der Waals surface area (Å²) in [4.78, 5) is 6.86. The third kappa shape index (κ3) is 8.34. The van der Waals surface area contributed by atoms with Gasteiger partial charge in [0.2, 0.25) is 10.0 Å². The summed E-state index contributed by atoms with van der Waals surface area (Å²) >= 11 is 0. The van der Waals surface area contributed by atoms with E-state index in [-0.39, 0.29) is 12.3 Å². The molecule has 1 aliphatic heterocycles. The summed E-state index contributed by atoms with van der Waals surface area (Å²) in [5.74, 6) is 0.553. The lowest BCUT2D eigenvalue weighted by molar-refractivity contribution is 0.235. The van der Waals surface area contributed by atoms with E-state index in [0.29, 0.717) is 12.5 Å². The Morgan fingerprint density at radius 3 is 2.55 bits per heavy atom. The number of likely N-dealkylation sites (tertiary alicyclic amines) is 1. The molecule has 1 rings (SSSR count). The summed E-state index contributed by atoms with van der Waals surface area (Å²) in [6.45, 7) is 6.97. The van der Waals surface area contributed by atoms with Gasteiger partial charge in [-0.1, -0.05) is 6.42 Å². The van der Waals surface area contributed by atoms with E-state index in [1.165, 1.54) is 19.3 Å². The molecule has 0 spiro atoms. The van der Waals surface area contributed by atoms with E-state index in [0.717, 1.165) is 26.2 Å². The Kier molecular flexibility index (Phi) is 7.86. The fraction of sp³-hybridized carbons (Fsp3) is 0.917. The third-order valence-corrected chi connectivity index (χ3v) is 3.93. The zero-order chi connectivity index (χ0) is 14.8. The second-order valence-electron chi connectivity index (χ2n) is 4.96. The van der Waals surface area contributed by atoms with Crippen molar-refractivity contribution in [3.63, 3.8) is 0 Å². The zero-order valence-corrected chi connectivity index (χ0v) is 13.1. The Balaban J connectivity index is 2.29.